The smallest absolute Gasteiger partial charge is 0.270 e. The summed E-state index contributed by atoms with van der Waals surface area (Å²) in [5.74, 6) is -0.353. The number of hydrogen-bond acceptors (Lipinski definition) is 4. The molecule has 0 fully saturated rings. The minimum absolute atomic E-state index is 0.0392. The lowest BCUT2D eigenvalue weighted by atomic mass is 10.1. The molecule has 1 heterocycles. The van der Waals surface area contributed by atoms with E-state index in [0.717, 1.165) is 5.56 Å². The van der Waals surface area contributed by atoms with Gasteiger partial charge in [0.1, 0.15) is 11.4 Å². The van der Waals surface area contributed by atoms with Crippen LogP contribution in [-0.2, 0) is 21.2 Å². The summed E-state index contributed by atoms with van der Waals surface area (Å²) in [6.07, 6.45) is 0. The Labute approximate surface area is 163 Å². The quantitative estimate of drug-likeness (QED) is 0.716. The minimum Gasteiger partial charge on any atom is -0.352 e. The molecule has 6 nitrogen and oxygen atoms in total. The molecule has 2 aromatic carbocycles. The minimum atomic E-state index is -4.02. The Hall–Kier alpha value is -2.93. The van der Waals surface area contributed by atoms with Gasteiger partial charge in [0.2, 0.25) is 15.7 Å². The highest BCUT2D eigenvalue weighted by Crippen LogP contribution is 2.22. The highest BCUT2D eigenvalue weighted by Gasteiger charge is 2.24. The Bertz CT molecular complexity index is 1200. The number of fused-ring (bicyclic) bond motifs is 1. The number of sulfone groups is 1. The van der Waals surface area contributed by atoms with Gasteiger partial charge in [-0.1, -0.05) is 29.8 Å². The van der Waals surface area contributed by atoms with E-state index in [-0.39, 0.29) is 28.3 Å². The first-order valence-electron chi connectivity index (χ1n) is 8.94. The van der Waals surface area contributed by atoms with Gasteiger partial charge in [0, 0.05) is 11.4 Å². The summed E-state index contributed by atoms with van der Waals surface area (Å²) in [6.45, 7) is 5.26. The number of nitrogens with zero attached hydrogens (tertiary/aromatic N) is 1. The van der Waals surface area contributed by atoms with Gasteiger partial charge in [-0.05, 0) is 51.1 Å². The zero-order chi connectivity index (χ0) is 20.5. The lowest BCUT2D eigenvalue weighted by Crippen LogP contribution is -2.37. The van der Waals surface area contributed by atoms with Crippen molar-refractivity contribution < 1.29 is 13.2 Å². The zero-order valence-electron chi connectivity index (χ0n) is 16.0. The highest BCUT2D eigenvalue weighted by atomic mass is 32.2. The van der Waals surface area contributed by atoms with Crippen molar-refractivity contribution in [3.8, 4) is 0 Å². The topological polar surface area (TPSA) is 85.2 Å². The third kappa shape index (κ3) is 3.84. The summed E-state index contributed by atoms with van der Waals surface area (Å²) in [5.41, 5.74) is 0.730. The third-order valence-corrected chi connectivity index (χ3v) is 6.08. The molecular weight excluding hydrogens is 376 g/mol. The van der Waals surface area contributed by atoms with Crippen LogP contribution in [0.1, 0.15) is 19.4 Å². The second-order valence-electron chi connectivity index (χ2n) is 7.00. The summed E-state index contributed by atoms with van der Waals surface area (Å²) in [6, 6.07) is 14.5. The van der Waals surface area contributed by atoms with Gasteiger partial charge < -0.3 is 5.32 Å². The molecule has 1 aromatic heterocycles. The van der Waals surface area contributed by atoms with Gasteiger partial charge in [0.25, 0.3) is 5.56 Å². The second kappa shape index (κ2) is 7.59. The van der Waals surface area contributed by atoms with Crippen LogP contribution in [0.5, 0.6) is 0 Å². The number of rotatable bonds is 5. The highest BCUT2D eigenvalue weighted by molar-refractivity contribution is 7.91. The van der Waals surface area contributed by atoms with Crippen LogP contribution in [0.25, 0.3) is 10.9 Å². The molecule has 3 aromatic rings. The zero-order valence-corrected chi connectivity index (χ0v) is 16.8. The molecule has 0 aliphatic rings. The fourth-order valence-electron chi connectivity index (χ4n) is 3.07. The normalized spacial score (nSPS) is 11.7. The van der Waals surface area contributed by atoms with Crippen molar-refractivity contribution in [2.24, 2.45) is 0 Å². The molecule has 0 unspecified atom stereocenters. The fourth-order valence-corrected chi connectivity index (χ4v) is 4.46. The van der Waals surface area contributed by atoms with Gasteiger partial charge in [0.15, 0.2) is 0 Å². The third-order valence-electron chi connectivity index (χ3n) is 4.31. The molecule has 0 saturated heterocycles. The lowest BCUT2D eigenvalue weighted by molar-refractivity contribution is -0.122. The van der Waals surface area contributed by atoms with E-state index in [4.69, 9.17) is 0 Å². The van der Waals surface area contributed by atoms with E-state index in [2.05, 4.69) is 5.32 Å². The van der Waals surface area contributed by atoms with Crippen LogP contribution < -0.4 is 10.9 Å². The van der Waals surface area contributed by atoms with E-state index >= 15 is 0 Å². The number of aryl methyl sites for hydroxylation is 1. The number of amides is 1. The maximum atomic E-state index is 13.1. The molecule has 0 aliphatic heterocycles. The van der Waals surface area contributed by atoms with Crippen molar-refractivity contribution in [2.45, 2.75) is 43.1 Å². The Morgan fingerprint density at radius 1 is 1.07 bits per heavy atom. The first-order chi connectivity index (χ1) is 13.2. The van der Waals surface area contributed by atoms with E-state index in [1.54, 1.807) is 30.3 Å². The Balaban J connectivity index is 2.26. The summed E-state index contributed by atoms with van der Waals surface area (Å²) in [7, 11) is -4.02. The standard InChI is InChI=1S/C21H22N2O4S/c1-14(2)22-20(24)13-23-18-10-9-15(3)11-16(18)12-19(21(23)25)28(26,27)17-7-5-4-6-8-17/h4-12,14H,13H2,1-3H3,(H,22,24). The predicted octanol–water partition coefficient (Wildman–Crippen LogP) is 2.67. The molecule has 28 heavy (non-hydrogen) atoms. The molecule has 146 valence electrons. The molecule has 0 spiro atoms. The average molecular weight is 398 g/mol. The monoisotopic (exact) mass is 398 g/mol. The van der Waals surface area contributed by atoms with Gasteiger partial charge in [-0.3, -0.25) is 14.2 Å². The van der Waals surface area contributed by atoms with Crippen molar-refractivity contribution >= 4 is 26.6 Å². The summed E-state index contributed by atoms with van der Waals surface area (Å²) in [4.78, 5) is 25.1. The van der Waals surface area contributed by atoms with Gasteiger partial charge in [-0.25, -0.2) is 8.42 Å². The van der Waals surface area contributed by atoms with Crippen molar-refractivity contribution in [1.82, 2.24) is 9.88 Å². The van der Waals surface area contributed by atoms with Crippen LogP contribution in [0, 0.1) is 6.92 Å². The number of pyridine rings is 1. The largest absolute Gasteiger partial charge is 0.352 e. The number of carbonyl (C=O) groups excluding carboxylic acids is 1. The van der Waals surface area contributed by atoms with Crippen LogP contribution in [0.4, 0.5) is 0 Å². The molecule has 0 radical (unpaired) electrons. The van der Waals surface area contributed by atoms with Crippen LogP contribution in [0.2, 0.25) is 0 Å². The van der Waals surface area contributed by atoms with Crippen molar-refractivity contribution in [1.29, 1.82) is 0 Å². The number of nitrogens with one attached hydrogen (secondary N) is 1. The lowest BCUT2D eigenvalue weighted by Gasteiger charge is -2.15. The number of aromatic nitrogens is 1. The van der Waals surface area contributed by atoms with Crippen LogP contribution in [0.15, 0.2) is 69.2 Å². The Morgan fingerprint density at radius 3 is 2.39 bits per heavy atom. The van der Waals surface area contributed by atoms with E-state index in [1.165, 1.54) is 22.8 Å². The van der Waals surface area contributed by atoms with Crippen LogP contribution in [-0.4, -0.2) is 24.9 Å². The Morgan fingerprint density at radius 2 is 1.75 bits per heavy atom. The molecule has 3 rings (SSSR count). The van der Waals surface area contributed by atoms with Crippen LogP contribution in [0.3, 0.4) is 0 Å². The average Bonchev–Trinajstić information content (AvgIpc) is 2.63. The summed E-state index contributed by atoms with van der Waals surface area (Å²) < 4.78 is 27.4. The van der Waals surface area contributed by atoms with Crippen molar-refractivity contribution in [3.63, 3.8) is 0 Å². The maximum Gasteiger partial charge on any atom is 0.270 e. The van der Waals surface area contributed by atoms with Gasteiger partial charge in [-0.15, -0.1) is 0 Å². The van der Waals surface area contributed by atoms with Crippen molar-refractivity contribution in [3.05, 3.63) is 70.5 Å². The predicted molar refractivity (Wildman–Crippen MR) is 108 cm³/mol. The second-order valence-corrected chi connectivity index (χ2v) is 8.92. The first kappa shape index (κ1) is 19.8. The van der Waals surface area contributed by atoms with Gasteiger partial charge in [0.05, 0.1) is 10.4 Å². The molecule has 0 bridgehead atoms. The molecule has 1 N–H and O–H groups in total. The molecule has 0 saturated carbocycles. The summed E-state index contributed by atoms with van der Waals surface area (Å²) in [5, 5.41) is 3.33. The van der Waals surface area contributed by atoms with E-state index < -0.39 is 15.4 Å². The van der Waals surface area contributed by atoms with Crippen LogP contribution >= 0.6 is 0 Å². The first-order valence-corrected chi connectivity index (χ1v) is 10.4. The summed E-state index contributed by atoms with van der Waals surface area (Å²) >= 11 is 0. The molecule has 1 amide bonds. The van der Waals surface area contributed by atoms with E-state index in [9.17, 15) is 18.0 Å². The van der Waals surface area contributed by atoms with Gasteiger partial charge >= 0.3 is 0 Å². The van der Waals surface area contributed by atoms with Crippen molar-refractivity contribution in [2.75, 3.05) is 0 Å². The molecule has 0 aliphatic carbocycles. The van der Waals surface area contributed by atoms with E-state index in [1.807, 2.05) is 26.8 Å². The Kier molecular flexibility index (Phi) is 5.38. The number of hydrogen-bond donors (Lipinski definition) is 1. The maximum absolute atomic E-state index is 13.1. The fraction of sp³-hybridized carbons (Fsp3) is 0.238. The number of carbonyl (C=O) groups is 1. The number of benzene rings is 2. The SMILES string of the molecule is Cc1ccc2c(c1)cc(S(=O)(=O)c1ccccc1)c(=O)n2CC(=O)NC(C)C. The van der Waals surface area contributed by atoms with Gasteiger partial charge in [-0.2, -0.15) is 0 Å². The van der Waals surface area contributed by atoms with E-state index in [0.29, 0.717) is 10.9 Å². The molecule has 0 atom stereocenters. The molecular formula is C21H22N2O4S. The molecule has 7 heteroatoms.